The minimum Gasteiger partial charge on any atom is -0.337 e. The van der Waals surface area contributed by atoms with Gasteiger partial charge in [0.2, 0.25) is 5.91 Å². The first-order valence-electron chi connectivity index (χ1n) is 5.05. The molecule has 3 atom stereocenters. The third-order valence-corrected chi connectivity index (χ3v) is 3.55. The average molecular weight is 167 g/mol. The fourth-order valence-electron chi connectivity index (χ4n) is 2.86. The fraction of sp³-hybridized carbons (Fsp3) is 0.900. The summed E-state index contributed by atoms with van der Waals surface area (Å²) in [5.41, 5.74) is 0. The lowest BCUT2D eigenvalue weighted by Gasteiger charge is -2.32. The topological polar surface area (TPSA) is 20.3 Å². The molecule has 2 heteroatoms. The third kappa shape index (κ3) is 0.970. The molecule has 68 valence electrons. The predicted molar refractivity (Wildman–Crippen MR) is 47.7 cm³/mol. The Bertz CT molecular complexity index is 200. The largest absolute Gasteiger partial charge is 0.337 e. The van der Waals surface area contributed by atoms with Crippen molar-refractivity contribution in [1.29, 1.82) is 0 Å². The van der Waals surface area contributed by atoms with Gasteiger partial charge in [0, 0.05) is 18.5 Å². The Morgan fingerprint density at radius 1 is 1.50 bits per heavy atom. The van der Waals surface area contributed by atoms with Crippen LogP contribution in [-0.4, -0.2) is 22.9 Å². The van der Waals surface area contributed by atoms with Crippen LogP contribution in [0.25, 0.3) is 0 Å². The first kappa shape index (κ1) is 8.09. The van der Waals surface area contributed by atoms with Gasteiger partial charge in [-0.05, 0) is 32.1 Å². The van der Waals surface area contributed by atoms with Crippen LogP contribution in [0, 0.1) is 5.92 Å². The van der Waals surface area contributed by atoms with E-state index in [1.807, 2.05) is 6.92 Å². The van der Waals surface area contributed by atoms with Gasteiger partial charge in [-0.15, -0.1) is 0 Å². The number of piperidine rings is 1. The van der Waals surface area contributed by atoms with Crippen LogP contribution in [0.2, 0.25) is 0 Å². The second-order valence-electron chi connectivity index (χ2n) is 4.12. The maximum absolute atomic E-state index is 11.5. The molecule has 0 radical (unpaired) electrons. The zero-order valence-corrected chi connectivity index (χ0v) is 7.92. The number of rotatable bonds is 1. The monoisotopic (exact) mass is 167 g/mol. The minimum atomic E-state index is 0.356. The van der Waals surface area contributed by atoms with Gasteiger partial charge in [-0.25, -0.2) is 0 Å². The van der Waals surface area contributed by atoms with Crippen LogP contribution in [0.4, 0.5) is 0 Å². The van der Waals surface area contributed by atoms with E-state index in [4.69, 9.17) is 0 Å². The summed E-state index contributed by atoms with van der Waals surface area (Å²) in [6, 6.07) is 1.12. The molecule has 2 nitrogen and oxygen atoms in total. The highest BCUT2D eigenvalue weighted by atomic mass is 16.2. The third-order valence-electron chi connectivity index (χ3n) is 3.55. The maximum Gasteiger partial charge on any atom is 0.222 e. The van der Waals surface area contributed by atoms with Gasteiger partial charge < -0.3 is 4.90 Å². The lowest BCUT2D eigenvalue weighted by molar-refractivity contribution is -0.134. The smallest absolute Gasteiger partial charge is 0.222 e. The van der Waals surface area contributed by atoms with Crippen molar-refractivity contribution >= 4 is 5.91 Å². The summed E-state index contributed by atoms with van der Waals surface area (Å²) < 4.78 is 0. The Morgan fingerprint density at radius 2 is 2.25 bits per heavy atom. The summed E-state index contributed by atoms with van der Waals surface area (Å²) in [6.45, 7) is 4.17. The van der Waals surface area contributed by atoms with Crippen LogP contribution in [0.1, 0.15) is 39.5 Å². The molecule has 2 fully saturated rings. The van der Waals surface area contributed by atoms with Crippen LogP contribution >= 0.6 is 0 Å². The molecule has 1 heterocycles. The van der Waals surface area contributed by atoms with Gasteiger partial charge in [-0.2, -0.15) is 0 Å². The SMILES string of the molecule is CCC(=O)N1C2CCC(C2)[C@H]1C. The molecule has 0 N–H and O–H groups in total. The lowest BCUT2D eigenvalue weighted by atomic mass is 10.0. The summed E-state index contributed by atoms with van der Waals surface area (Å²) in [7, 11) is 0. The number of carbonyl (C=O) groups excluding carboxylic acids is 1. The van der Waals surface area contributed by atoms with Crippen molar-refractivity contribution < 1.29 is 4.79 Å². The number of hydrogen-bond donors (Lipinski definition) is 0. The van der Waals surface area contributed by atoms with Crippen LogP contribution in [-0.2, 0) is 4.79 Å². The minimum absolute atomic E-state index is 0.356. The van der Waals surface area contributed by atoms with E-state index in [9.17, 15) is 4.79 Å². The molecule has 1 aliphatic heterocycles. The Labute approximate surface area is 73.9 Å². The van der Waals surface area contributed by atoms with Gasteiger partial charge in [0.05, 0.1) is 0 Å². The van der Waals surface area contributed by atoms with Crippen molar-refractivity contribution in [3.63, 3.8) is 0 Å². The Morgan fingerprint density at radius 3 is 2.75 bits per heavy atom. The van der Waals surface area contributed by atoms with Crippen LogP contribution in [0.5, 0.6) is 0 Å². The molecule has 0 aromatic carbocycles. The average Bonchev–Trinajstić information content (AvgIpc) is 2.63. The van der Waals surface area contributed by atoms with Crippen molar-refractivity contribution in [2.75, 3.05) is 0 Å². The molecule has 1 amide bonds. The molecule has 0 aromatic rings. The lowest BCUT2D eigenvalue weighted by Crippen LogP contribution is -2.43. The summed E-state index contributed by atoms with van der Waals surface area (Å²) in [5, 5.41) is 0. The molecule has 2 rings (SSSR count). The number of likely N-dealkylation sites (tertiary alicyclic amines) is 1. The van der Waals surface area contributed by atoms with Gasteiger partial charge in [0.15, 0.2) is 0 Å². The maximum atomic E-state index is 11.5. The first-order chi connectivity index (χ1) is 5.74. The van der Waals surface area contributed by atoms with E-state index in [-0.39, 0.29) is 0 Å². The van der Waals surface area contributed by atoms with E-state index in [0.717, 1.165) is 5.92 Å². The summed E-state index contributed by atoms with van der Waals surface area (Å²) >= 11 is 0. The summed E-state index contributed by atoms with van der Waals surface area (Å²) in [4.78, 5) is 13.7. The second-order valence-corrected chi connectivity index (χ2v) is 4.12. The van der Waals surface area contributed by atoms with E-state index in [0.29, 0.717) is 24.4 Å². The molecule has 2 unspecified atom stereocenters. The normalized spacial score (nSPS) is 39.2. The van der Waals surface area contributed by atoms with Crippen LogP contribution in [0.15, 0.2) is 0 Å². The Kier molecular flexibility index (Phi) is 1.85. The number of carbonyl (C=O) groups is 1. The van der Waals surface area contributed by atoms with Gasteiger partial charge in [0.1, 0.15) is 0 Å². The fourth-order valence-corrected chi connectivity index (χ4v) is 2.86. The van der Waals surface area contributed by atoms with E-state index < -0.39 is 0 Å². The quantitative estimate of drug-likeness (QED) is 0.583. The molecular weight excluding hydrogens is 150 g/mol. The number of hydrogen-bond acceptors (Lipinski definition) is 1. The van der Waals surface area contributed by atoms with Crippen molar-refractivity contribution in [3.8, 4) is 0 Å². The first-order valence-corrected chi connectivity index (χ1v) is 5.05. The van der Waals surface area contributed by atoms with E-state index in [1.165, 1.54) is 19.3 Å². The molecule has 1 saturated heterocycles. The van der Waals surface area contributed by atoms with E-state index in [2.05, 4.69) is 11.8 Å². The van der Waals surface area contributed by atoms with Gasteiger partial charge >= 0.3 is 0 Å². The molecule has 1 aliphatic carbocycles. The van der Waals surface area contributed by atoms with Gasteiger partial charge in [-0.1, -0.05) is 6.92 Å². The van der Waals surface area contributed by atoms with Crippen molar-refractivity contribution in [1.82, 2.24) is 4.90 Å². The molecule has 2 aliphatic rings. The molecule has 2 bridgehead atoms. The van der Waals surface area contributed by atoms with E-state index in [1.54, 1.807) is 0 Å². The molecular formula is C10H17NO. The molecule has 12 heavy (non-hydrogen) atoms. The number of fused-ring (bicyclic) bond motifs is 2. The molecule has 0 spiro atoms. The van der Waals surface area contributed by atoms with E-state index >= 15 is 0 Å². The van der Waals surface area contributed by atoms with Gasteiger partial charge in [-0.3, -0.25) is 4.79 Å². The highest BCUT2D eigenvalue weighted by molar-refractivity contribution is 5.77. The van der Waals surface area contributed by atoms with Crippen molar-refractivity contribution in [2.45, 2.75) is 51.6 Å². The molecule has 1 saturated carbocycles. The standard InChI is InChI=1S/C10H17NO/c1-3-10(12)11-7(2)8-4-5-9(11)6-8/h7-9H,3-6H2,1-2H3/t7-,8?,9?/m1/s1. The highest BCUT2D eigenvalue weighted by Gasteiger charge is 2.44. The number of amides is 1. The van der Waals surface area contributed by atoms with Crippen molar-refractivity contribution in [3.05, 3.63) is 0 Å². The Hall–Kier alpha value is -0.530. The predicted octanol–water partition coefficient (Wildman–Crippen LogP) is 1.80. The Balaban J connectivity index is 2.12. The number of nitrogens with zero attached hydrogens (tertiary/aromatic N) is 1. The van der Waals surface area contributed by atoms with Crippen LogP contribution < -0.4 is 0 Å². The zero-order valence-electron chi connectivity index (χ0n) is 7.92. The van der Waals surface area contributed by atoms with Crippen LogP contribution in [0.3, 0.4) is 0 Å². The second kappa shape index (κ2) is 2.75. The molecule has 0 aromatic heterocycles. The van der Waals surface area contributed by atoms with Crippen molar-refractivity contribution in [2.24, 2.45) is 5.92 Å². The highest BCUT2D eigenvalue weighted by Crippen LogP contribution is 2.42. The summed E-state index contributed by atoms with van der Waals surface area (Å²) in [6.07, 6.45) is 4.54. The van der Waals surface area contributed by atoms with Gasteiger partial charge in [0.25, 0.3) is 0 Å². The zero-order chi connectivity index (χ0) is 8.72. The summed E-state index contributed by atoms with van der Waals surface area (Å²) in [5.74, 6) is 1.17.